The summed E-state index contributed by atoms with van der Waals surface area (Å²) in [4.78, 5) is 1.03. The summed E-state index contributed by atoms with van der Waals surface area (Å²) in [6.45, 7) is 2.35. The van der Waals surface area contributed by atoms with E-state index >= 15 is 0 Å². The highest BCUT2D eigenvalue weighted by molar-refractivity contribution is 7.10. The van der Waals surface area contributed by atoms with Gasteiger partial charge in [-0.3, -0.25) is 0 Å². The normalized spacial score (nSPS) is 23.2. The van der Waals surface area contributed by atoms with Gasteiger partial charge in [-0.2, -0.15) is 0 Å². The topological polar surface area (TPSA) is 41.5 Å². The molecule has 1 aromatic heterocycles. The molecular formula is C12H19NO2S. The van der Waals surface area contributed by atoms with E-state index < -0.39 is 0 Å². The largest absolute Gasteiger partial charge is 0.386 e. The molecule has 0 saturated carbocycles. The second kappa shape index (κ2) is 6.35. The SMILES string of the molecule is OC(CNCC1CCCCO1)c1cccs1. The molecule has 1 aliphatic heterocycles. The number of rotatable bonds is 5. The van der Waals surface area contributed by atoms with Gasteiger partial charge in [0.25, 0.3) is 0 Å². The van der Waals surface area contributed by atoms with Gasteiger partial charge in [0.1, 0.15) is 6.10 Å². The number of nitrogens with one attached hydrogen (secondary N) is 1. The van der Waals surface area contributed by atoms with E-state index in [-0.39, 0.29) is 6.10 Å². The van der Waals surface area contributed by atoms with E-state index in [9.17, 15) is 5.11 Å². The monoisotopic (exact) mass is 241 g/mol. The smallest absolute Gasteiger partial charge is 0.101 e. The van der Waals surface area contributed by atoms with E-state index in [1.165, 1.54) is 12.8 Å². The van der Waals surface area contributed by atoms with Crippen LogP contribution in [-0.4, -0.2) is 30.9 Å². The lowest BCUT2D eigenvalue weighted by Gasteiger charge is -2.23. The van der Waals surface area contributed by atoms with E-state index in [0.29, 0.717) is 12.6 Å². The highest BCUT2D eigenvalue weighted by Gasteiger charge is 2.14. The van der Waals surface area contributed by atoms with Crippen LogP contribution in [0.15, 0.2) is 17.5 Å². The third-order valence-corrected chi connectivity index (χ3v) is 3.83. The molecule has 0 bridgehead atoms. The Hall–Kier alpha value is -0.420. The molecule has 0 spiro atoms. The Balaban J connectivity index is 1.63. The zero-order chi connectivity index (χ0) is 11.2. The zero-order valence-corrected chi connectivity index (χ0v) is 10.2. The molecule has 0 aliphatic carbocycles. The number of ether oxygens (including phenoxy) is 1. The fraction of sp³-hybridized carbons (Fsp3) is 0.667. The minimum atomic E-state index is -0.386. The summed E-state index contributed by atoms with van der Waals surface area (Å²) in [7, 11) is 0. The lowest BCUT2D eigenvalue weighted by Crippen LogP contribution is -2.33. The van der Waals surface area contributed by atoms with E-state index in [0.717, 1.165) is 24.4 Å². The van der Waals surface area contributed by atoms with Crippen molar-refractivity contribution in [2.45, 2.75) is 31.5 Å². The van der Waals surface area contributed by atoms with Gasteiger partial charge < -0.3 is 15.2 Å². The second-order valence-corrected chi connectivity index (χ2v) is 5.16. The molecule has 2 unspecified atom stereocenters. The van der Waals surface area contributed by atoms with Crippen molar-refractivity contribution in [1.82, 2.24) is 5.32 Å². The first kappa shape index (κ1) is 12.0. The Morgan fingerprint density at radius 1 is 1.56 bits per heavy atom. The van der Waals surface area contributed by atoms with Crippen LogP contribution in [0.25, 0.3) is 0 Å². The number of hydrogen-bond acceptors (Lipinski definition) is 4. The van der Waals surface area contributed by atoms with Crippen LogP contribution in [0.5, 0.6) is 0 Å². The summed E-state index contributed by atoms with van der Waals surface area (Å²) in [5, 5.41) is 15.1. The molecule has 3 nitrogen and oxygen atoms in total. The highest BCUT2D eigenvalue weighted by atomic mass is 32.1. The van der Waals surface area contributed by atoms with E-state index in [1.54, 1.807) is 11.3 Å². The Morgan fingerprint density at radius 2 is 2.50 bits per heavy atom. The van der Waals surface area contributed by atoms with E-state index in [4.69, 9.17) is 4.74 Å². The van der Waals surface area contributed by atoms with Crippen molar-refractivity contribution in [3.05, 3.63) is 22.4 Å². The predicted molar refractivity (Wildman–Crippen MR) is 65.7 cm³/mol. The van der Waals surface area contributed by atoms with Crippen LogP contribution >= 0.6 is 11.3 Å². The molecule has 1 aromatic rings. The van der Waals surface area contributed by atoms with E-state index in [1.807, 2.05) is 17.5 Å². The molecule has 0 aromatic carbocycles. The Kier molecular flexibility index (Phi) is 4.78. The highest BCUT2D eigenvalue weighted by Crippen LogP contribution is 2.18. The maximum absolute atomic E-state index is 9.85. The van der Waals surface area contributed by atoms with Gasteiger partial charge >= 0.3 is 0 Å². The Morgan fingerprint density at radius 3 is 3.19 bits per heavy atom. The summed E-state index contributed by atoms with van der Waals surface area (Å²) in [5.74, 6) is 0. The molecule has 2 N–H and O–H groups in total. The van der Waals surface area contributed by atoms with Gasteiger partial charge in [-0.05, 0) is 30.7 Å². The summed E-state index contributed by atoms with van der Waals surface area (Å²) < 4.78 is 5.61. The minimum absolute atomic E-state index is 0.337. The molecule has 90 valence electrons. The average Bonchev–Trinajstić information content (AvgIpc) is 2.84. The molecule has 1 aliphatic rings. The lowest BCUT2D eigenvalue weighted by atomic mass is 10.1. The van der Waals surface area contributed by atoms with Crippen molar-refractivity contribution in [1.29, 1.82) is 0 Å². The molecule has 2 rings (SSSR count). The quantitative estimate of drug-likeness (QED) is 0.828. The predicted octanol–water partition coefficient (Wildman–Crippen LogP) is 1.94. The van der Waals surface area contributed by atoms with Crippen LogP contribution < -0.4 is 5.32 Å². The van der Waals surface area contributed by atoms with Gasteiger partial charge in [0.15, 0.2) is 0 Å². The molecule has 2 atom stereocenters. The van der Waals surface area contributed by atoms with Crippen molar-refractivity contribution in [2.75, 3.05) is 19.7 Å². The Labute approximate surface area is 100 Å². The lowest BCUT2D eigenvalue weighted by molar-refractivity contribution is 0.0153. The third-order valence-electron chi connectivity index (χ3n) is 2.86. The first-order valence-corrected chi connectivity index (χ1v) is 6.78. The number of thiophene rings is 1. The second-order valence-electron chi connectivity index (χ2n) is 4.18. The molecule has 1 fully saturated rings. The maximum Gasteiger partial charge on any atom is 0.101 e. The van der Waals surface area contributed by atoms with Gasteiger partial charge in [-0.15, -0.1) is 11.3 Å². The van der Waals surface area contributed by atoms with Crippen LogP contribution in [0.4, 0.5) is 0 Å². The van der Waals surface area contributed by atoms with Crippen LogP contribution in [0.2, 0.25) is 0 Å². The number of hydrogen-bond donors (Lipinski definition) is 2. The first-order valence-electron chi connectivity index (χ1n) is 5.90. The van der Waals surface area contributed by atoms with Crippen LogP contribution in [0, 0.1) is 0 Å². The van der Waals surface area contributed by atoms with Crippen molar-refractivity contribution in [3.63, 3.8) is 0 Å². The standard InChI is InChI=1S/C12H19NO2S/c14-11(12-5-3-7-16-12)9-13-8-10-4-1-2-6-15-10/h3,5,7,10-11,13-14H,1-2,4,6,8-9H2. The number of aliphatic hydroxyl groups is 1. The molecular weight excluding hydrogens is 222 g/mol. The minimum Gasteiger partial charge on any atom is -0.386 e. The average molecular weight is 241 g/mol. The van der Waals surface area contributed by atoms with Crippen molar-refractivity contribution in [2.24, 2.45) is 0 Å². The third kappa shape index (κ3) is 3.56. The molecule has 16 heavy (non-hydrogen) atoms. The zero-order valence-electron chi connectivity index (χ0n) is 9.39. The van der Waals surface area contributed by atoms with Crippen LogP contribution in [0.3, 0.4) is 0 Å². The van der Waals surface area contributed by atoms with E-state index in [2.05, 4.69) is 5.32 Å². The van der Waals surface area contributed by atoms with Crippen molar-refractivity contribution >= 4 is 11.3 Å². The van der Waals surface area contributed by atoms with Crippen molar-refractivity contribution in [3.8, 4) is 0 Å². The summed E-state index contributed by atoms with van der Waals surface area (Å²) in [6, 6.07) is 3.93. The van der Waals surface area contributed by atoms with Gasteiger partial charge in [-0.25, -0.2) is 0 Å². The van der Waals surface area contributed by atoms with Crippen molar-refractivity contribution < 1.29 is 9.84 Å². The summed E-state index contributed by atoms with van der Waals surface area (Å²) in [6.07, 6.45) is 3.55. The summed E-state index contributed by atoms with van der Waals surface area (Å²) in [5.41, 5.74) is 0. The maximum atomic E-state index is 9.85. The molecule has 0 radical (unpaired) electrons. The van der Waals surface area contributed by atoms with Gasteiger partial charge in [0.2, 0.25) is 0 Å². The van der Waals surface area contributed by atoms with Crippen LogP contribution in [-0.2, 0) is 4.74 Å². The first-order chi connectivity index (χ1) is 7.86. The summed E-state index contributed by atoms with van der Waals surface area (Å²) >= 11 is 1.60. The van der Waals surface area contributed by atoms with Crippen LogP contribution in [0.1, 0.15) is 30.2 Å². The molecule has 4 heteroatoms. The fourth-order valence-corrected chi connectivity index (χ4v) is 2.64. The van der Waals surface area contributed by atoms with Gasteiger partial charge in [0.05, 0.1) is 6.10 Å². The molecule has 1 saturated heterocycles. The van der Waals surface area contributed by atoms with Gasteiger partial charge in [0, 0.05) is 24.6 Å². The van der Waals surface area contributed by atoms with Gasteiger partial charge in [-0.1, -0.05) is 6.07 Å². The molecule has 2 heterocycles. The fourth-order valence-electron chi connectivity index (χ4n) is 1.93. The Bertz CT molecular complexity index is 283. The number of aliphatic hydroxyl groups excluding tert-OH is 1. The molecule has 0 amide bonds.